The predicted molar refractivity (Wildman–Crippen MR) is 97.2 cm³/mol. The van der Waals surface area contributed by atoms with Gasteiger partial charge in [-0.3, -0.25) is 4.79 Å². The van der Waals surface area contributed by atoms with Crippen LogP contribution in [0.1, 0.15) is 49.5 Å². The molecule has 1 aliphatic carbocycles. The SMILES string of the molecule is CCC(O)c1ccc(OCC(=O)NC(c2ccccc2)C2CC2)cc1. The molecule has 1 amide bonds. The molecule has 1 saturated carbocycles. The van der Waals surface area contributed by atoms with Crippen molar-refractivity contribution in [1.29, 1.82) is 0 Å². The van der Waals surface area contributed by atoms with E-state index in [-0.39, 0.29) is 18.6 Å². The van der Waals surface area contributed by atoms with Crippen molar-refractivity contribution in [3.8, 4) is 5.75 Å². The van der Waals surface area contributed by atoms with E-state index in [9.17, 15) is 9.90 Å². The number of carbonyl (C=O) groups is 1. The maximum atomic E-state index is 12.3. The third-order valence-electron chi connectivity index (χ3n) is 4.59. The smallest absolute Gasteiger partial charge is 0.258 e. The summed E-state index contributed by atoms with van der Waals surface area (Å²) in [5.41, 5.74) is 2.01. The Balaban J connectivity index is 1.53. The van der Waals surface area contributed by atoms with Gasteiger partial charge < -0.3 is 15.2 Å². The van der Waals surface area contributed by atoms with E-state index in [1.807, 2.05) is 37.3 Å². The Morgan fingerprint density at radius 1 is 1.12 bits per heavy atom. The summed E-state index contributed by atoms with van der Waals surface area (Å²) in [5.74, 6) is 1.05. The summed E-state index contributed by atoms with van der Waals surface area (Å²) in [6.07, 6.45) is 2.52. The van der Waals surface area contributed by atoms with Crippen LogP contribution in [0.2, 0.25) is 0 Å². The van der Waals surface area contributed by atoms with Gasteiger partial charge in [-0.2, -0.15) is 0 Å². The molecule has 2 aromatic rings. The van der Waals surface area contributed by atoms with Gasteiger partial charge in [-0.15, -0.1) is 0 Å². The van der Waals surface area contributed by atoms with Gasteiger partial charge in [0.25, 0.3) is 5.91 Å². The molecule has 0 radical (unpaired) electrons. The van der Waals surface area contributed by atoms with Crippen LogP contribution in [0.25, 0.3) is 0 Å². The molecule has 0 aromatic heterocycles. The maximum Gasteiger partial charge on any atom is 0.258 e. The van der Waals surface area contributed by atoms with E-state index in [0.717, 1.165) is 24.0 Å². The number of benzene rings is 2. The standard InChI is InChI=1S/C21H25NO3/c1-2-19(23)15-10-12-18(13-11-15)25-14-20(24)22-21(17-8-9-17)16-6-4-3-5-7-16/h3-7,10-13,17,19,21,23H,2,8-9,14H2,1H3,(H,22,24). The summed E-state index contributed by atoms with van der Waals surface area (Å²) in [6, 6.07) is 17.4. The molecule has 4 heteroatoms. The molecule has 1 aliphatic rings. The number of aliphatic hydroxyl groups is 1. The van der Waals surface area contributed by atoms with Crippen LogP contribution in [-0.4, -0.2) is 17.6 Å². The second-order valence-corrected chi connectivity index (χ2v) is 6.58. The summed E-state index contributed by atoms with van der Waals surface area (Å²) in [6.45, 7) is 1.92. The number of amides is 1. The van der Waals surface area contributed by atoms with Crippen LogP contribution in [0.4, 0.5) is 0 Å². The van der Waals surface area contributed by atoms with Gasteiger partial charge in [0.15, 0.2) is 6.61 Å². The Hall–Kier alpha value is -2.33. The molecule has 2 unspecified atom stereocenters. The Labute approximate surface area is 148 Å². The van der Waals surface area contributed by atoms with Gasteiger partial charge in [0.2, 0.25) is 0 Å². The molecule has 2 atom stereocenters. The van der Waals surface area contributed by atoms with Crippen LogP contribution in [0, 0.1) is 5.92 Å². The summed E-state index contributed by atoms with van der Waals surface area (Å²) >= 11 is 0. The molecule has 0 saturated heterocycles. The minimum atomic E-state index is -0.456. The van der Waals surface area contributed by atoms with Crippen molar-refractivity contribution in [2.24, 2.45) is 5.92 Å². The van der Waals surface area contributed by atoms with E-state index >= 15 is 0 Å². The third kappa shape index (κ3) is 4.83. The summed E-state index contributed by atoms with van der Waals surface area (Å²) in [5, 5.41) is 12.9. The Morgan fingerprint density at radius 2 is 1.80 bits per heavy atom. The molecule has 1 fully saturated rings. The average molecular weight is 339 g/mol. The maximum absolute atomic E-state index is 12.3. The molecular formula is C21H25NO3. The van der Waals surface area contributed by atoms with Gasteiger partial charge in [0, 0.05) is 0 Å². The van der Waals surface area contributed by atoms with E-state index < -0.39 is 6.10 Å². The van der Waals surface area contributed by atoms with Crippen molar-refractivity contribution < 1.29 is 14.6 Å². The van der Waals surface area contributed by atoms with Crippen molar-refractivity contribution in [2.75, 3.05) is 6.61 Å². The lowest BCUT2D eigenvalue weighted by Crippen LogP contribution is -2.33. The molecule has 0 bridgehead atoms. The number of ether oxygens (including phenoxy) is 1. The van der Waals surface area contributed by atoms with Crippen LogP contribution in [0.5, 0.6) is 5.75 Å². The molecule has 0 aliphatic heterocycles. The first-order valence-electron chi connectivity index (χ1n) is 8.92. The number of rotatable bonds is 8. The lowest BCUT2D eigenvalue weighted by atomic mass is 10.0. The minimum Gasteiger partial charge on any atom is -0.484 e. The zero-order valence-corrected chi connectivity index (χ0v) is 14.5. The van der Waals surface area contributed by atoms with E-state index in [4.69, 9.17) is 4.74 Å². The molecule has 0 spiro atoms. The van der Waals surface area contributed by atoms with Gasteiger partial charge in [-0.05, 0) is 48.4 Å². The number of aliphatic hydroxyl groups excluding tert-OH is 1. The fraction of sp³-hybridized carbons (Fsp3) is 0.381. The first-order valence-corrected chi connectivity index (χ1v) is 8.92. The predicted octanol–water partition coefficient (Wildman–Crippen LogP) is 3.78. The van der Waals surface area contributed by atoms with Crippen LogP contribution >= 0.6 is 0 Å². The Kier molecular flexibility index (Phi) is 5.71. The zero-order chi connectivity index (χ0) is 17.6. The highest BCUT2D eigenvalue weighted by Crippen LogP contribution is 2.40. The molecule has 132 valence electrons. The van der Waals surface area contributed by atoms with Crippen LogP contribution in [0.3, 0.4) is 0 Å². The monoisotopic (exact) mass is 339 g/mol. The Bertz CT molecular complexity index is 680. The normalized spacial score (nSPS) is 16.1. The van der Waals surface area contributed by atoms with Crippen molar-refractivity contribution in [1.82, 2.24) is 5.32 Å². The topological polar surface area (TPSA) is 58.6 Å². The van der Waals surface area contributed by atoms with Gasteiger partial charge in [-0.25, -0.2) is 0 Å². The number of nitrogens with one attached hydrogen (secondary N) is 1. The summed E-state index contributed by atoms with van der Waals surface area (Å²) in [4.78, 5) is 12.3. The van der Waals surface area contributed by atoms with Crippen molar-refractivity contribution in [3.63, 3.8) is 0 Å². The van der Waals surface area contributed by atoms with Crippen LogP contribution < -0.4 is 10.1 Å². The van der Waals surface area contributed by atoms with Gasteiger partial charge in [0.1, 0.15) is 5.75 Å². The second kappa shape index (κ2) is 8.17. The lowest BCUT2D eigenvalue weighted by Gasteiger charge is -2.19. The number of hydrogen-bond acceptors (Lipinski definition) is 3. The zero-order valence-electron chi connectivity index (χ0n) is 14.5. The van der Waals surface area contributed by atoms with E-state index in [0.29, 0.717) is 18.1 Å². The molecule has 25 heavy (non-hydrogen) atoms. The fourth-order valence-corrected chi connectivity index (χ4v) is 2.95. The fourth-order valence-electron chi connectivity index (χ4n) is 2.95. The molecular weight excluding hydrogens is 314 g/mol. The molecule has 3 rings (SSSR count). The molecule has 0 heterocycles. The van der Waals surface area contributed by atoms with Crippen molar-refractivity contribution in [3.05, 3.63) is 65.7 Å². The summed E-state index contributed by atoms with van der Waals surface area (Å²) < 4.78 is 5.58. The Morgan fingerprint density at radius 3 is 2.40 bits per heavy atom. The number of carbonyl (C=O) groups excluding carboxylic acids is 1. The quantitative estimate of drug-likeness (QED) is 0.769. The minimum absolute atomic E-state index is 0.00820. The van der Waals surface area contributed by atoms with Crippen LogP contribution in [-0.2, 0) is 4.79 Å². The van der Waals surface area contributed by atoms with Gasteiger partial charge >= 0.3 is 0 Å². The van der Waals surface area contributed by atoms with E-state index in [2.05, 4.69) is 17.4 Å². The first kappa shape index (κ1) is 17.5. The van der Waals surface area contributed by atoms with Crippen molar-refractivity contribution in [2.45, 2.75) is 38.3 Å². The average Bonchev–Trinajstić information content (AvgIpc) is 3.50. The molecule has 2 N–H and O–H groups in total. The number of hydrogen-bond donors (Lipinski definition) is 2. The van der Waals surface area contributed by atoms with Gasteiger partial charge in [-0.1, -0.05) is 49.4 Å². The molecule has 4 nitrogen and oxygen atoms in total. The lowest BCUT2D eigenvalue weighted by molar-refractivity contribution is -0.124. The first-order chi connectivity index (χ1) is 12.2. The van der Waals surface area contributed by atoms with Gasteiger partial charge in [0.05, 0.1) is 12.1 Å². The summed E-state index contributed by atoms with van der Waals surface area (Å²) in [7, 11) is 0. The van der Waals surface area contributed by atoms with Crippen molar-refractivity contribution >= 4 is 5.91 Å². The highest BCUT2D eigenvalue weighted by Gasteiger charge is 2.33. The molecule has 2 aromatic carbocycles. The third-order valence-corrected chi connectivity index (χ3v) is 4.59. The second-order valence-electron chi connectivity index (χ2n) is 6.58. The highest BCUT2D eigenvalue weighted by atomic mass is 16.5. The van der Waals surface area contributed by atoms with Crippen LogP contribution in [0.15, 0.2) is 54.6 Å². The largest absolute Gasteiger partial charge is 0.484 e. The van der Waals surface area contributed by atoms with E-state index in [1.165, 1.54) is 0 Å². The highest BCUT2D eigenvalue weighted by molar-refractivity contribution is 5.78. The van der Waals surface area contributed by atoms with E-state index in [1.54, 1.807) is 12.1 Å².